The maximum Gasteiger partial charge on any atom is 0.0536 e. The van der Waals surface area contributed by atoms with Gasteiger partial charge in [-0.3, -0.25) is 0 Å². The van der Waals surface area contributed by atoms with Gasteiger partial charge in [0.2, 0.25) is 0 Å². The molecule has 2 heteroatoms. The van der Waals surface area contributed by atoms with Crippen LogP contribution in [0.15, 0.2) is 0 Å². The molecule has 0 fully saturated rings. The van der Waals surface area contributed by atoms with Crippen molar-refractivity contribution in [2.24, 2.45) is 5.73 Å². The monoisotopic (exact) mass is 118 g/mol. The number of nitrogens with two attached hydrogens (primary N) is 1. The SMILES string of the molecule is C[CH]C(N)SCC. The van der Waals surface area contributed by atoms with Crippen LogP contribution in [0, 0.1) is 6.42 Å². The molecule has 0 aromatic carbocycles. The highest BCUT2D eigenvalue weighted by Gasteiger charge is 1.93. The van der Waals surface area contributed by atoms with Crippen LogP contribution < -0.4 is 5.73 Å². The average molecular weight is 118 g/mol. The molecule has 2 N–H and O–H groups in total. The van der Waals surface area contributed by atoms with Crippen molar-refractivity contribution in [1.29, 1.82) is 0 Å². The van der Waals surface area contributed by atoms with Gasteiger partial charge in [-0.2, -0.15) is 0 Å². The largest absolute Gasteiger partial charge is 0.319 e. The van der Waals surface area contributed by atoms with Gasteiger partial charge in [-0.1, -0.05) is 13.8 Å². The van der Waals surface area contributed by atoms with Crippen molar-refractivity contribution in [1.82, 2.24) is 0 Å². The number of hydrogen-bond donors (Lipinski definition) is 1. The minimum absolute atomic E-state index is 0.241. The minimum Gasteiger partial charge on any atom is -0.319 e. The summed E-state index contributed by atoms with van der Waals surface area (Å²) in [5.41, 5.74) is 5.49. The van der Waals surface area contributed by atoms with E-state index in [1.807, 2.05) is 13.3 Å². The van der Waals surface area contributed by atoms with Gasteiger partial charge in [0.1, 0.15) is 0 Å². The number of thioether (sulfide) groups is 1. The van der Waals surface area contributed by atoms with Gasteiger partial charge >= 0.3 is 0 Å². The van der Waals surface area contributed by atoms with Gasteiger partial charge in [0.15, 0.2) is 0 Å². The molecular weight excluding hydrogens is 106 g/mol. The molecule has 0 aliphatic rings. The highest BCUT2D eigenvalue weighted by atomic mass is 32.2. The van der Waals surface area contributed by atoms with Gasteiger partial charge in [0, 0.05) is 0 Å². The Hall–Kier alpha value is 0.310. The average Bonchev–Trinajstić information content (AvgIpc) is 1.68. The Labute approximate surface area is 49.7 Å². The van der Waals surface area contributed by atoms with E-state index in [9.17, 15) is 0 Å². The predicted octanol–water partition coefficient (Wildman–Crippen LogP) is 1.25. The van der Waals surface area contributed by atoms with Crippen LogP contribution in [0.25, 0.3) is 0 Å². The molecule has 7 heavy (non-hydrogen) atoms. The van der Waals surface area contributed by atoms with Crippen molar-refractivity contribution in [2.75, 3.05) is 5.75 Å². The Bertz CT molecular complexity index is 39.1. The molecule has 0 aromatic rings. The molecule has 1 atom stereocenters. The van der Waals surface area contributed by atoms with Gasteiger partial charge in [0.05, 0.1) is 5.37 Å². The van der Waals surface area contributed by atoms with Crippen LogP contribution in [0.1, 0.15) is 13.8 Å². The molecule has 1 unspecified atom stereocenters. The second kappa shape index (κ2) is 4.47. The summed E-state index contributed by atoms with van der Waals surface area (Å²) in [6, 6.07) is 0. The first-order valence-corrected chi connectivity index (χ1v) is 3.52. The van der Waals surface area contributed by atoms with E-state index in [-0.39, 0.29) is 5.37 Å². The van der Waals surface area contributed by atoms with Gasteiger partial charge in [0.25, 0.3) is 0 Å². The fourth-order valence-electron chi connectivity index (χ4n) is 0.289. The minimum atomic E-state index is 0.241. The van der Waals surface area contributed by atoms with Gasteiger partial charge < -0.3 is 5.73 Å². The normalized spacial score (nSPS) is 14.1. The van der Waals surface area contributed by atoms with Crippen LogP contribution in [-0.4, -0.2) is 11.1 Å². The summed E-state index contributed by atoms with van der Waals surface area (Å²) < 4.78 is 0. The molecule has 1 radical (unpaired) electrons. The Kier molecular flexibility index (Phi) is 4.67. The lowest BCUT2D eigenvalue weighted by Crippen LogP contribution is -2.13. The molecule has 0 bridgehead atoms. The predicted molar refractivity (Wildman–Crippen MR) is 36.1 cm³/mol. The van der Waals surface area contributed by atoms with Crippen LogP contribution in [0.4, 0.5) is 0 Å². The van der Waals surface area contributed by atoms with E-state index >= 15 is 0 Å². The summed E-state index contributed by atoms with van der Waals surface area (Å²) in [5.74, 6) is 1.10. The lowest BCUT2D eigenvalue weighted by atomic mass is 10.5. The molecule has 0 aromatic heterocycles. The van der Waals surface area contributed by atoms with E-state index in [2.05, 4.69) is 6.92 Å². The van der Waals surface area contributed by atoms with Gasteiger partial charge in [-0.25, -0.2) is 0 Å². The zero-order valence-electron chi connectivity index (χ0n) is 4.85. The van der Waals surface area contributed by atoms with Gasteiger partial charge in [-0.05, 0) is 12.2 Å². The third-order valence-corrected chi connectivity index (χ3v) is 1.68. The van der Waals surface area contributed by atoms with Crippen molar-refractivity contribution in [3.63, 3.8) is 0 Å². The van der Waals surface area contributed by atoms with Crippen molar-refractivity contribution in [3.8, 4) is 0 Å². The summed E-state index contributed by atoms with van der Waals surface area (Å²) in [6.07, 6.45) is 1.99. The maximum atomic E-state index is 5.49. The van der Waals surface area contributed by atoms with Gasteiger partial charge in [-0.15, -0.1) is 11.8 Å². The highest BCUT2D eigenvalue weighted by Crippen LogP contribution is 2.05. The highest BCUT2D eigenvalue weighted by molar-refractivity contribution is 7.99. The molecule has 0 spiro atoms. The Morgan fingerprint density at radius 3 is 2.57 bits per heavy atom. The number of rotatable bonds is 3. The van der Waals surface area contributed by atoms with Crippen LogP contribution in [0.5, 0.6) is 0 Å². The molecule has 1 nitrogen and oxygen atoms in total. The van der Waals surface area contributed by atoms with Crippen LogP contribution in [0.2, 0.25) is 0 Å². The zero-order valence-corrected chi connectivity index (χ0v) is 5.66. The van der Waals surface area contributed by atoms with Crippen LogP contribution in [0.3, 0.4) is 0 Å². The second-order valence-electron chi connectivity index (χ2n) is 1.25. The maximum absolute atomic E-state index is 5.49. The fraction of sp³-hybridized carbons (Fsp3) is 0.800. The number of hydrogen-bond acceptors (Lipinski definition) is 2. The van der Waals surface area contributed by atoms with E-state index in [1.165, 1.54) is 0 Å². The summed E-state index contributed by atoms with van der Waals surface area (Å²) in [4.78, 5) is 0. The molecule has 0 amide bonds. The molecule has 0 aliphatic carbocycles. The third-order valence-electron chi connectivity index (χ3n) is 0.688. The van der Waals surface area contributed by atoms with E-state index < -0.39 is 0 Å². The Morgan fingerprint density at radius 2 is 2.43 bits per heavy atom. The summed E-state index contributed by atoms with van der Waals surface area (Å²) in [6.45, 7) is 4.08. The van der Waals surface area contributed by atoms with E-state index in [0.717, 1.165) is 5.75 Å². The fourth-order valence-corrected chi connectivity index (χ4v) is 0.866. The topological polar surface area (TPSA) is 26.0 Å². The zero-order chi connectivity index (χ0) is 5.70. The lowest BCUT2D eigenvalue weighted by molar-refractivity contribution is 1.06. The second-order valence-corrected chi connectivity index (χ2v) is 2.71. The van der Waals surface area contributed by atoms with E-state index in [0.29, 0.717) is 0 Å². The van der Waals surface area contributed by atoms with E-state index in [1.54, 1.807) is 11.8 Å². The molecule has 0 heterocycles. The van der Waals surface area contributed by atoms with Crippen molar-refractivity contribution >= 4 is 11.8 Å². The smallest absolute Gasteiger partial charge is 0.0536 e. The molecule has 43 valence electrons. The van der Waals surface area contributed by atoms with Crippen molar-refractivity contribution in [2.45, 2.75) is 19.2 Å². The quantitative estimate of drug-likeness (QED) is 0.564. The standard InChI is InChI=1S/C5H12NS/c1-3-5(6)7-4-2/h3,5H,4,6H2,1-2H3. The summed E-state index contributed by atoms with van der Waals surface area (Å²) >= 11 is 1.75. The van der Waals surface area contributed by atoms with E-state index in [4.69, 9.17) is 5.73 Å². The van der Waals surface area contributed by atoms with Crippen LogP contribution in [-0.2, 0) is 0 Å². The molecule has 0 saturated carbocycles. The lowest BCUT2D eigenvalue weighted by Gasteiger charge is -2.02. The van der Waals surface area contributed by atoms with Crippen LogP contribution >= 0.6 is 11.8 Å². The van der Waals surface area contributed by atoms with Crippen molar-refractivity contribution < 1.29 is 0 Å². The molecule has 0 rings (SSSR count). The summed E-state index contributed by atoms with van der Waals surface area (Å²) in [7, 11) is 0. The molecular formula is C5H12NS. The first kappa shape index (κ1) is 7.31. The Balaban J connectivity index is 2.83. The third kappa shape index (κ3) is 4.16. The summed E-state index contributed by atoms with van der Waals surface area (Å²) in [5, 5.41) is 0.241. The first-order chi connectivity index (χ1) is 3.31. The Morgan fingerprint density at radius 1 is 1.86 bits per heavy atom. The van der Waals surface area contributed by atoms with Crippen molar-refractivity contribution in [3.05, 3.63) is 6.42 Å². The molecule has 0 saturated heterocycles. The molecule has 0 aliphatic heterocycles. The first-order valence-electron chi connectivity index (χ1n) is 2.48.